The summed E-state index contributed by atoms with van der Waals surface area (Å²) in [7, 11) is 0. The lowest BCUT2D eigenvalue weighted by Gasteiger charge is -2.08. The highest BCUT2D eigenvalue weighted by molar-refractivity contribution is 5.87. The maximum atomic E-state index is 15.1. The quantitative estimate of drug-likeness (QED) is 0.417. The third kappa shape index (κ3) is 4.47. The predicted molar refractivity (Wildman–Crippen MR) is 110 cm³/mol. The Morgan fingerprint density at radius 3 is 2.37 bits per heavy atom. The number of fused-ring (bicyclic) bond motifs is 1. The second kappa shape index (κ2) is 8.98. The highest BCUT2D eigenvalue weighted by Crippen LogP contribution is 2.28. The summed E-state index contributed by atoms with van der Waals surface area (Å²) in [5.74, 6) is 0.140. The van der Waals surface area contributed by atoms with E-state index < -0.39 is 11.4 Å². The van der Waals surface area contributed by atoms with Gasteiger partial charge in [0.2, 0.25) is 0 Å². The van der Waals surface area contributed by atoms with Crippen LogP contribution in [0.1, 0.15) is 57.3 Å². The molecule has 0 aliphatic carbocycles. The van der Waals surface area contributed by atoms with E-state index in [9.17, 15) is 4.79 Å². The topological polar surface area (TPSA) is 30.2 Å². The first-order valence-electron chi connectivity index (χ1n) is 9.98. The number of aryl methyl sites for hydroxylation is 2. The van der Waals surface area contributed by atoms with Crippen molar-refractivity contribution in [3.63, 3.8) is 0 Å². The fourth-order valence-electron chi connectivity index (χ4n) is 3.50. The molecule has 0 aliphatic rings. The lowest BCUT2D eigenvalue weighted by atomic mass is 9.99. The van der Waals surface area contributed by atoms with E-state index in [-0.39, 0.29) is 5.39 Å². The van der Waals surface area contributed by atoms with Crippen molar-refractivity contribution in [3.8, 4) is 11.1 Å². The Kier molecular flexibility index (Phi) is 6.44. The second-order valence-corrected chi connectivity index (χ2v) is 7.15. The first-order chi connectivity index (χ1) is 13.1. The third-order valence-electron chi connectivity index (χ3n) is 5.00. The van der Waals surface area contributed by atoms with Gasteiger partial charge < -0.3 is 4.42 Å². The van der Waals surface area contributed by atoms with Gasteiger partial charge in [-0.15, -0.1) is 0 Å². The minimum atomic E-state index is -0.583. The Morgan fingerprint density at radius 1 is 0.889 bits per heavy atom. The molecule has 3 aromatic rings. The van der Waals surface area contributed by atoms with Crippen LogP contribution in [0.4, 0.5) is 4.39 Å². The van der Waals surface area contributed by atoms with Gasteiger partial charge in [0.25, 0.3) is 0 Å². The van der Waals surface area contributed by atoms with Crippen LogP contribution in [-0.2, 0) is 12.8 Å². The number of rotatable bonds is 8. The van der Waals surface area contributed by atoms with Crippen LogP contribution in [-0.4, -0.2) is 0 Å². The highest BCUT2D eigenvalue weighted by atomic mass is 19.1. The van der Waals surface area contributed by atoms with Gasteiger partial charge in [-0.3, -0.25) is 0 Å². The van der Waals surface area contributed by atoms with E-state index >= 15 is 4.39 Å². The van der Waals surface area contributed by atoms with Crippen molar-refractivity contribution in [1.82, 2.24) is 0 Å². The average molecular weight is 366 g/mol. The van der Waals surface area contributed by atoms with Gasteiger partial charge in [-0.05, 0) is 35.4 Å². The van der Waals surface area contributed by atoms with E-state index in [0.717, 1.165) is 37.7 Å². The Bertz CT molecular complexity index is 955. The summed E-state index contributed by atoms with van der Waals surface area (Å²) < 4.78 is 20.5. The van der Waals surface area contributed by atoms with Gasteiger partial charge in [0, 0.05) is 12.0 Å². The van der Waals surface area contributed by atoms with Crippen LogP contribution < -0.4 is 5.63 Å². The van der Waals surface area contributed by atoms with Crippen LogP contribution in [0.5, 0.6) is 0 Å². The Morgan fingerprint density at radius 2 is 1.67 bits per heavy atom. The molecule has 2 aromatic carbocycles. The molecule has 0 atom stereocenters. The van der Waals surface area contributed by atoms with Gasteiger partial charge in [-0.2, -0.15) is 0 Å². The summed E-state index contributed by atoms with van der Waals surface area (Å²) in [6.45, 7) is 4.29. The molecule has 0 fully saturated rings. The molecule has 27 heavy (non-hydrogen) atoms. The highest BCUT2D eigenvalue weighted by Gasteiger charge is 2.14. The largest absolute Gasteiger partial charge is 0.427 e. The second-order valence-electron chi connectivity index (χ2n) is 7.15. The zero-order valence-corrected chi connectivity index (χ0v) is 16.2. The molecule has 0 amide bonds. The molecule has 0 unspecified atom stereocenters. The van der Waals surface area contributed by atoms with Crippen LogP contribution >= 0.6 is 0 Å². The minimum absolute atomic E-state index is 0.0439. The van der Waals surface area contributed by atoms with Gasteiger partial charge >= 0.3 is 5.63 Å². The molecule has 1 aromatic heterocycles. The van der Waals surface area contributed by atoms with E-state index in [0.29, 0.717) is 23.1 Å². The monoisotopic (exact) mass is 366 g/mol. The normalized spacial score (nSPS) is 11.2. The minimum Gasteiger partial charge on any atom is -0.427 e. The molecule has 3 rings (SSSR count). The average Bonchev–Trinajstić information content (AvgIpc) is 2.66. The summed E-state index contributed by atoms with van der Waals surface area (Å²) in [4.78, 5) is 12.4. The lowest BCUT2D eigenvalue weighted by Crippen LogP contribution is -2.05. The molecule has 0 saturated carbocycles. The molecule has 0 saturated heterocycles. The lowest BCUT2D eigenvalue weighted by molar-refractivity contribution is 0.454. The fraction of sp³-hybridized carbons (Fsp3) is 0.375. The smallest absolute Gasteiger partial charge is 0.346 e. The Hall–Kier alpha value is -2.42. The Balaban J connectivity index is 1.92. The van der Waals surface area contributed by atoms with Gasteiger partial charge in [-0.25, -0.2) is 9.18 Å². The van der Waals surface area contributed by atoms with E-state index in [1.165, 1.54) is 12.0 Å². The zero-order valence-electron chi connectivity index (χ0n) is 16.2. The molecule has 0 bridgehead atoms. The van der Waals surface area contributed by atoms with Crippen molar-refractivity contribution >= 4 is 10.8 Å². The predicted octanol–water partition coefficient (Wildman–Crippen LogP) is 6.67. The molecular formula is C24H27FO2. The molecule has 0 radical (unpaired) electrons. The first-order valence-corrected chi connectivity index (χ1v) is 9.98. The number of unbranched alkanes of at least 4 members (excludes halogenated alkanes) is 3. The van der Waals surface area contributed by atoms with Gasteiger partial charge in [0.1, 0.15) is 17.0 Å². The molecule has 0 aliphatic heterocycles. The SMILES string of the molecule is CCCCCCc1cc2ccc(-c3ccc(CCC)cc3)c(F)c2c(=O)o1. The standard InChI is InChI=1S/C24H27FO2/c1-3-5-6-7-9-20-16-19-14-15-21(23(25)22(19)24(26)27-20)18-12-10-17(8-4-2)11-13-18/h10-16H,3-9H2,1-2H3. The van der Waals surface area contributed by atoms with Crippen molar-refractivity contribution in [2.45, 2.75) is 58.8 Å². The molecule has 0 spiro atoms. The molecule has 0 N–H and O–H groups in total. The van der Waals surface area contributed by atoms with Crippen LogP contribution in [0.15, 0.2) is 51.7 Å². The van der Waals surface area contributed by atoms with Crippen molar-refractivity contribution in [2.24, 2.45) is 0 Å². The van der Waals surface area contributed by atoms with Crippen molar-refractivity contribution in [2.75, 3.05) is 0 Å². The van der Waals surface area contributed by atoms with E-state index in [1.807, 2.05) is 30.3 Å². The molecular weight excluding hydrogens is 339 g/mol. The number of halogens is 1. The molecule has 2 nitrogen and oxygen atoms in total. The van der Waals surface area contributed by atoms with E-state index in [2.05, 4.69) is 13.8 Å². The summed E-state index contributed by atoms with van der Waals surface area (Å²) in [5.41, 5.74) is 1.86. The zero-order chi connectivity index (χ0) is 19.2. The third-order valence-corrected chi connectivity index (χ3v) is 5.00. The number of benzene rings is 2. The van der Waals surface area contributed by atoms with Crippen LogP contribution in [0, 0.1) is 5.82 Å². The molecule has 3 heteroatoms. The summed E-state index contributed by atoms with van der Waals surface area (Å²) >= 11 is 0. The molecule has 142 valence electrons. The first kappa shape index (κ1) is 19.3. The van der Waals surface area contributed by atoms with Crippen LogP contribution in [0.25, 0.3) is 21.9 Å². The van der Waals surface area contributed by atoms with E-state index in [1.54, 1.807) is 12.1 Å². The number of hydrogen-bond donors (Lipinski definition) is 0. The van der Waals surface area contributed by atoms with Crippen molar-refractivity contribution < 1.29 is 8.81 Å². The fourth-order valence-corrected chi connectivity index (χ4v) is 3.50. The summed E-state index contributed by atoms with van der Waals surface area (Å²) in [6.07, 6.45) is 7.22. The van der Waals surface area contributed by atoms with Gasteiger partial charge in [0.05, 0.1) is 0 Å². The Labute approximate surface area is 160 Å². The van der Waals surface area contributed by atoms with Crippen LogP contribution in [0.3, 0.4) is 0 Å². The van der Waals surface area contributed by atoms with E-state index in [4.69, 9.17) is 4.42 Å². The van der Waals surface area contributed by atoms with Crippen LogP contribution in [0.2, 0.25) is 0 Å². The summed E-state index contributed by atoms with van der Waals surface area (Å²) in [6, 6.07) is 13.2. The number of hydrogen-bond acceptors (Lipinski definition) is 2. The summed E-state index contributed by atoms with van der Waals surface area (Å²) in [5, 5.41) is 0.656. The van der Waals surface area contributed by atoms with Crippen molar-refractivity contribution in [1.29, 1.82) is 0 Å². The molecule has 1 heterocycles. The van der Waals surface area contributed by atoms with Gasteiger partial charge in [-0.1, -0.05) is 75.9 Å². The van der Waals surface area contributed by atoms with Crippen molar-refractivity contribution in [3.05, 3.63) is 70.0 Å². The van der Waals surface area contributed by atoms with Gasteiger partial charge in [0.15, 0.2) is 0 Å². The maximum absolute atomic E-state index is 15.1. The maximum Gasteiger partial charge on any atom is 0.346 e.